The Morgan fingerprint density at radius 2 is 1.73 bits per heavy atom. The zero-order chi connectivity index (χ0) is 19.1. The van der Waals surface area contributed by atoms with Gasteiger partial charge in [-0.2, -0.15) is 0 Å². The van der Waals surface area contributed by atoms with Crippen molar-refractivity contribution in [1.29, 1.82) is 0 Å². The van der Waals surface area contributed by atoms with Gasteiger partial charge in [-0.05, 0) is 38.0 Å². The van der Waals surface area contributed by atoms with E-state index >= 15 is 0 Å². The van der Waals surface area contributed by atoms with Crippen LogP contribution >= 0.6 is 11.6 Å². The van der Waals surface area contributed by atoms with Crippen LogP contribution in [-0.4, -0.2) is 30.1 Å². The number of halogens is 1. The highest BCUT2D eigenvalue weighted by Gasteiger charge is 2.25. The standard InChI is InChI=1S/C19H23ClN2O4/c1-4-25-18(23)16-12(3)17(19(24)26-5-2)22-15(16)11-21-10-13-8-6-7-9-14(13)20/h6-9,21-22H,4-5,10-11H2,1-3H3. The van der Waals surface area contributed by atoms with E-state index in [1.807, 2.05) is 24.3 Å². The summed E-state index contributed by atoms with van der Waals surface area (Å²) >= 11 is 6.15. The monoisotopic (exact) mass is 378 g/mol. The lowest BCUT2D eigenvalue weighted by Crippen LogP contribution is -2.16. The second-order valence-electron chi connectivity index (χ2n) is 5.61. The van der Waals surface area contributed by atoms with Crippen LogP contribution in [-0.2, 0) is 22.6 Å². The van der Waals surface area contributed by atoms with Gasteiger partial charge in [0.2, 0.25) is 0 Å². The van der Waals surface area contributed by atoms with Gasteiger partial charge in [0.05, 0.1) is 18.8 Å². The number of H-pyrrole nitrogens is 1. The predicted molar refractivity (Wildman–Crippen MR) is 99.4 cm³/mol. The van der Waals surface area contributed by atoms with Crippen LogP contribution in [0.25, 0.3) is 0 Å². The van der Waals surface area contributed by atoms with Crippen LogP contribution in [0.5, 0.6) is 0 Å². The summed E-state index contributed by atoms with van der Waals surface area (Å²) in [6.45, 7) is 6.55. The molecule has 2 N–H and O–H groups in total. The third-order valence-corrected chi connectivity index (χ3v) is 4.23. The normalized spacial score (nSPS) is 10.6. The molecular weight excluding hydrogens is 356 g/mol. The van der Waals surface area contributed by atoms with Crippen molar-refractivity contribution in [3.63, 3.8) is 0 Å². The highest BCUT2D eigenvalue weighted by Crippen LogP contribution is 2.21. The van der Waals surface area contributed by atoms with E-state index in [-0.39, 0.29) is 18.9 Å². The molecule has 1 aromatic carbocycles. The quantitative estimate of drug-likeness (QED) is 0.686. The second-order valence-corrected chi connectivity index (χ2v) is 6.02. The molecule has 2 rings (SSSR count). The fourth-order valence-electron chi connectivity index (χ4n) is 2.64. The van der Waals surface area contributed by atoms with Gasteiger partial charge in [0.25, 0.3) is 0 Å². The number of carbonyl (C=O) groups excluding carboxylic acids is 2. The van der Waals surface area contributed by atoms with Crippen LogP contribution in [0.2, 0.25) is 5.02 Å². The molecule has 0 spiro atoms. The van der Waals surface area contributed by atoms with Gasteiger partial charge in [-0.1, -0.05) is 29.8 Å². The summed E-state index contributed by atoms with van der Waals surface area (Å²) < 4.78 is 10.2. The number of ether oxygens (including phenoxy) is 2. The Morgan fingerprint density at radius 1 is 1.08 bits per heavy atom. The first-order valence-corrected chi connectivity index (χ1v) is 8.87. The topological polar surface area (TPSA) is 80.4 Å². The minimum Gasteiger partial charge on any atom is -0.462 e. The first-order chi connectivity index (χ1) is 12.5. The molecule has 0 saturated heterocycles. The lowest BCUT2D eigenvalue weighted by Gasteiger charge is -2.08. The molecule has 1 heterocycles. The summed E-state index contributed by atoms with van der Waals surface area (Å²) in [7, 11) is 0. The Labute approximate surface area is 157 Å². The van der Waals surface area contributed by atoms with E-state index in [2.05, 4.69) is 10.3 Å². The molecule has 7 heteroatoms. The van der Waals surface area contributed by atoms with Gasteiger partial charge in [0.1, 0.15) is 5.69 Å². The summed E-state index contributed by atoms with van der Waals surface area (Å²) in [4.78, 5) is 27.4. The maximum absolute atomic E-state index is 12.3. The molecule has 0 bridgehead atoms. The third-order valence-electron chi connectivity index (χ3n) is 3.86. The second kappa shape index (κ2) is 9.40. The molecule has 0 unspecified atom stereocenters. The summed E-state index contributed by atoms with van der Waals surface area (Å²) in [6.07, 6.45) is 0. The highest BCUT2D eigenvalue weighted by molar-refractivity contribution is 6.31. The van der Waals surface area contributed by atoms with Crippen LogP contribution in [0.1, 0.15) is 51.5 Å². The number of aromatic nitrogens is 1. The van der Waals surface area contributed by atoms with Gasteiger partial charge in [-0.15, -0.1) is 0 Å². The predicted octanol–water partition coefficient (Wildman–Crippen LogP) is 3.62. The van der Waals surface area contributed by atoms with Crippen molar-refractivity contribution in [1.82, 2.24) is 10.3 Å². The Morgan fingerprint density at radius 3 is 2.38 bits per heavy atom. The lowest BCUT2D eigenvalue weighted by atomic mass is 10.1. The van der Waals surface area contributed by atoms with Gasteiger partial charge < -0.3 is 19.8 Å². The maximum atomic E-state index is 12.3. The molecule has 0 radical (unpaired) electrons. The summed E-state index contributed by atoms with van der Waals surface area (Å²) in [5.41, 5.74) is 2.68. The zero-order valence-electron chi connectivity index (χ0n) is 15.1. The molecular formula is C19H23ClN2O4. The molecule has 0 saturated carbocycles. The Balaban J connectivity index is 2.22. The van der Waals surface area contributed by atoms with Gasteiger partial charge in [-0.25, -0.2) is 9.59 Å². The van der Waals surface area contributed by atoms with Crippen molar-refractivity contribution in [2.45, 2.75) is 33.9 Å². The molecule has 2 aromatic rings. The Bertz CT molecular complexity index is 786. The van der Waals surface area contributed by atoms with Crippen molar-refractivity contribution in [2.24, 2.45) is 0 Å². The number of carbonyl (C=O) groups is 2. The number of hydrogen-bond acceptors (Lipinski definition) is 5. The Kier molecular flexibility index (Phi) is 7.24. The number of rotatable bonds is 8. The van der Waals surface area contributed by atoms with Crippen LogP contribution in [0, 0.1) is 6.92 Å². The minimum absolute atomic E-state index is 0.255. The molecule has 26 heavy (non-hydrogen) atoms. The summed E-state index contributed by atoms with van der Waals surface area (Å²) in [5.74, 6) is -0.959. The van der Waals surface area contributed by atoms with E-state index in [0.717, 1.165) is 5.56 Å². The fraction of sp³-hybridized carbons (Fsp3) is 0.368. The smallest absolute Gasteiger partial charge is 0.355 e. The average molecular weight is 379 g/mol. The van der Waals surface area contributed by atoms with Gasteiger partial charge >= 0.3 is 11.9 Å². The van der Waals surface area contributed by atoms with Crippen molar-refractivity contribution in [2.75, 3.05) is 13.2 Å². The van der Waals surface area contributed by atoms with Crippen molar-refractivity contribution < 1.29 is 19.1 Å². The van der Waals surface area contributed by atoms with Crippen LogP contribution in [0.3, 0.4) is 0 Å². The SMILES string of the molecule is CCOC(=O)c1[nH]c(CNCc2ccccc2Cl)c(C(=O)OCC)c1C. The van der Waals surface area contributed by atoms with Crippen molar-refractivity contribution in [3.05, 3.63) is 57.4 Å². The maximum Gasteiger partial charge on any atom is 0.355 e. The summed E-state index contributed by atoms with van der Waals surface area (Å²) in [5, 5.41) is 3.90. The van der Waals surface area contributed by atoms with Crippen molar-refractivity contribution >= 4 is 23.5 Å². The molecule has 0 aliphatic rings. The number of esters is 2. The first kappa shape index (κ1) is 20.0. The Hall–Kier alpha value is -2.31. The first-order valence-electron chi connectivity index (χ1n) is 8.49. The lowest BCUT2D eigenvalue weighted by molar-refractivity contribution is 0.0517. The molecule has 0 amide bonds. The fourth-order valence-corrected chi connectivity index (χ4v) is 2.84. The van der Waals surface area contributed by atoms with E-state index in [0.29, 0.717) is 34.9 Å². The largest absolute Gasteiger partial charge is 0.462 e. The third kappa shape index (κ3) is 4.65. The minimum atomic E-state index is -0.493. The highest BCUT2D eigenvalue weighted by atomic mass is 35.5. The molecule has 6 nitrogen and oxygen atoms in total. The van der Waals surface area contributed by atoms with Crippen molar-refractivity contribution in [3.8, 4) is 0 Å². The van der Waals surface area contributed by atoms with E-state index in [9.17, 15) is 9.59 Å². The van der Waals surface area contributed by atoms with E-state index < -0.39 is 11.9 Å². The van der Waals surface area contributed by atoms with Crippen LogP contribution in [0.4, 0.5) is 0 Å². The number of benzene rings is 1. The van der Waals surface area contributed by atoms with Gasteiger partial charge in [-0.3, -0.25) is 0 Å². The molecule has 0 aliphatic carbocycles. The van der Waals surface area contributed by atoms with E-state index in [4.69, 9.17) is 21.1 Å². The van der Waals surface area contributed by atoms with E-state index in [1.54, 1.807) is 20.8 Å². The molecule has 0 fully saturated rings. The molecule has 1 aromatic heterocycles. The van der Waals surface area contributed by atoms with Gasteiger partial charge in [0, 0.05) is 23.8 Å². The van der Waals surface area contributed by atoms with Crippen LogP contribution in [0.15, 0.2) is 24.3 Å². The van der Waals surface area contributed by atoms with Gasteiger partial charge in [0.15, 0.2) is 0 Å². The summed E-state index contributed by atoms with van der Waals surface area (Å²) in [6, 6.07) is 7.51. The molecule has 0 atom stereocenters. The molecule has 140 valence electrons. The number of nitrogens with one attached hydrogen (secondary N) is 2. The van der Waals surface area contributed by atoms with E-state index in [1.165, 1.54) is 0 Å². The number of hydrogen-bond donors (Lipinski definition) is 2. The molecule has 0 aliphatic heterocycles. The zero-order valence-corrected chi connectivity index (χ0v) is 15.9. The average Bonchev–Trinajstić information content (AvgIpc) is 2.93. The van der Waals surface area contributed by atoms with Crippen LogP contribution < -0.4 is 5.32 Å². The number of aromatic amines is 1.